The van der Waals surface area contributed by atoms with Gasteiger partial charge in [0, 0.05) is 283 Å². The van der Waals surface area contributed by atoms with Crippen molar-refractivity contribution in [2.45, 2.75) is 182 Å². The van der Waals surface area contributed by atoms with Crippen molar-refractivity contribution in [3.05, 3.63) is 345 Å². The second-order valence-corrected chi connectivity index (χ2v) is 41.6. The van der Waals surface area contributed by atoms with Crippen LogP contribution in [0.1, 0.15) is 194 Å². The van der Waals surface area contributed by atoms with E-state index in [1.165, 1.54) is 0 Å². The Morgan fingerprint density at radius 1 is 0.195 bits per heavy atom. The molecule has 27 heteroatoms. The third kappa shape index (κ3) is 22.0. The fraction of sp³-hybridized carbons (Fsp3) is 0.230. The van der Waals surface area contributed by atoms with Gasteiger partial charge in [0.1, 0.15) is 68.9 Å². The molecule has 9 aliphatic heterocycles. The number of aromatic hydroxyl groups is 10. The largest absolute Gasteiger partial charge is 0.507 e. The van der Waals surface area contributed by atoms with Crippen molar-refractivity contribution in [1.29, 1.82) is 0 Å². The first-order valence-corrected chi connectivity index (χ1v) is 48.0. The zero-order chi connectivity index (χ0) is 103. The Morgan fingerprint density at radius 3 is 0.678 bits per heavy atom. The van der Waals surface area contributed by atoms with Gasteiger partial charge in [0.15, 0.2) is 11.7 Å². The fourth-order valence-corrected chi connectivity index (χ4v) is 19.0. The van der Waals surface area contributed by atoms with Gasteiger partial charge in [-0.3, -0.25) is 39.9 Å². The minimum Gasteiger partial charge on any atom is -0.507 e. The van der Waals surface area contributed by atoms with Gasteiger partial charge in [0.25, 0.3) is 0 Å². The molecule has 149 heavy (non-hydrogen) atoms. The predicted molar refractivity (Wildman–Crippen MR) is 588 cm³/mol. The Hall–Kier alpha value is -13.2. The first-order chi connectivity index (χ1) is 68.2. The van der Waals surface area contributed by atoms with Gasteiger partial charge in [-0.2, -0.15) is 0 Å². The van der Waals surface area contributed by atoms with Crippen molar-refractivity contribution in [2.75, 3.05) is 0 Å². The summed E-state index contributed by atoms with van der Waals surface area (Å²) in [5.74, 6) is 2.15. The predicted octanol–water partition coefficient (Wildman–Crippen LogP) is 27.6. The van der Waals surface area contributed by atoms with E-state index in [9.17, 15) is 51.1 Å². The van der Waals surface area contributed by atoms with Crippen LogP contribution < -0.4 is 0 Å². The second-order valence-electron chi connectivity index (χ2n) is 41.6. The van der Waals surface area contributed by atoms with Gasteiger partial charge in [-0.25, -0.2) is 20.0 Å². The van der Waals surface area contributed by atoms with Crippen molar-refractivity contribution in [2.24, 2.45) is 59.9 Å². The zero-order valence-electron chi connectivity index (χ0n) is 86.5. The van der Waals surface area contributed by atoms with Crippen LogP contribution in [0.4, 0.5) is 22.7 Å². The van der Waals surface area contributed by atoms with Crippen LogP contribution in [0.3, 0.4) is 0 Å². The van der Waals surface area contributed by atoms with Gasteiger partial charge < -0.3 is 51.1 Å². The van der Waals surface area contributed by atoms with Gasteiger partial charge in [-0.1, -0.05) is 305 Å². The van der Waals surface area contributed by atoms with Gasteiger partial charge in [0.2, 0.25) is 0 Å². The molecule has 9 heterocycles. The average Bonchev–Trinajstić information content (AvgIpc) is 1.74. The number of para-hydroxylation sites is 14. The summed E-state index contributed by atoms with van der Waals surface area (Å²) < 4.78 is 0. The Balaban J connectivity index is 0.000000164. The Morgan fingerprint density at radius 2 is 0.409 bits per heavy atom. The molecule has 21 rings (SSSR count). The number of nitrogens with zero attached hydrogens (tertiary/aromatic N) is 12. The molecule has 0 aliphatic carbocycles. The molecule has 0 radical (unpaired) electrons. The summed E-state index contributed by atoms with van der Waals surface area (Å²) in [5, 5.41) is 111. The summed E-state index contributed by atoms with van der Waals surface area (Å²) in [4.78, 5) is 55.8. The number of hydrogen-bond donors (Lipinski definition) is 10. The number of aliphatic imine (C=N–C) groups is 12. The summed E-state index contributed by atoms with van der Waals surface area (Å²) in [6.07, 6.45) is 18.5. The monoisotopic (exact) mass is 2750 g/mol. The molecule has 0 unspecified atom stereocenters. The number of phenols is 10. The van der Waals surface area contributed by atoms with Crippen LogP contribution in [0.5, 0.6) is 57.5 Å². The van der Waals surface area contributed by atoms with E-state index in [1.54, 1.807) is 48.8 Å². The van der Waals surface area contributed by atoms with Crippen molar-refractivity contribution in [1.82, 2.24) is 0 Å². The van der Waals surface area contributed by atoms with E-state index in [2.05, 4.69) is 30.0 Å². The molecule has 28 bridgehead atoms. The van der Waals surface area contributed by atoms with Crippen molar-refractivity contribution < 1.29 is 155 Å². The number of amidine groups is 2. The van der Waals surface area contributed by atoms with Gasteiger partial charge >= 0.3 is 0 Å². The van der Waals surface area contributed by atoms with E-state index < -0.39 is 43.3 Å². The molecule has 12 aromatic rings. The number of phenolic OH excluding ortho intramolecular Hbond substituents is 10. The molecule has 9 aliphatic rings. The van der Waals surface area contributed by atoms with Gasteiger partial charge in [-0.05, 0) is 88.4 Å². The fourth-order valence-electron chi connectivity index (χ4n) is 19.0. The maximum Gasteiger partial charge on any atom is 0.163 e. The summed E-state index contributed by atoms with van der Waals surface area (Å²) in [6.45, 7) is 40.2. The van der Waals surface area contributed by atoms with E-state index in [0.717, 1.165) is 113 Å². The van der Waals surface area contributed by atoms with Gasteiger partial charge in [-0.15, -0.1) is 0 Å². The molecule has 0 aromatic heterocycles. The van der Waals surface area contributed by atoms with E-state index in [-0.39, 0.29) is 161 Å². The first kappa shape index (κ1) is 114. The summed E-state index contributed by atoms with van der Waals surface area (Å²) in [7, 11) is 0. The van der Waals surface area contributed by atoms with Crippen molar-refractivity contribution in [3.8, 4) is 113 Å². The van der Waals surface area contributed by atoms with Crippen LogP contribution in [0.25, 0.3) is 55.6 Å². The summed E-state index contributed by atoms with van der Waals surface area (Å²) >= 11 is 0. The maximum atomic E-state index is 11.3. The molecule has 0 fully saturated rings. The van der Waals surface area contributed by atoms with E-state index in [1.807, 2.05) is 382 Å². The third-order valence-corrected chi connectivity index (χ3v) is 28.8. The number of hydrogen-bond acceptors (Lipinski definition) is 22. The quantitative estimate of drug-likeness (QED) is 0.0640. The smallest absolute Gasteiger partial charge is 0.163 e. The van der Waals surface area contributed by atoms with Gasteiger partial charge in [0.05, 0.1) is 80.5 Å². The molecule has 0 amide bonds. The van der Waals surface area contributed by atoms with Crippen LogP contribution >= 0.6 is 0 Å². The van der Waals surface area contributed by atoms with Crippen LogP contribution in [0.15, 0.2) is 349 Å². The number of benzene rings is 12. The minimum atomic E-state index is -0.539. The van der Waals surface area contributed by atoms with E-state index in [4.69, 9.17) is 30.0 Å². The SMILES string of the molecule is CC1(C)C2=NC(=C3C=CC(=N3)C(C)(C)c3cccc(c3O)-c3cccc1c3O)C=C2.CC1(C)C=Nc2ccccc2N=CC(C)(C)c2cccc(c2O)-c2cccc1c2O.CC1=C(C)N=CC(C)(C)c2cccc(c2O)-c2cccc(c2O)C(C)(C)C=N1.CC1=Nc2ccccc2N=C(C)C(C)(C)c2cccc(c2O)-c2cccc(c2O)C1(C)C.Oc1c2cccc1-c1cccc(c1O)C1=NC(=C3C=NC2=N3)C=N1.[Pt].[Pt].[Pt].[Pt].[Zn]. The van der Waals surface area contributed by atoms with Crippen LogP contribution in [0.2, 0.25) is 0 Å². The van der Waals surface area contributed by atoms with E-state index >= 15 is 0 Å². The molecule has 10 N–H and O–H groups in total. The first-order valence-electron chi connectivity index (χ1n) is 48.0. The molecule has 0 atom stereocenters. The van der Waals surface area contributed by atoms with Crippen molar-refractivity contribution >= 4 is 94.6 Å². The normalized spacial score (nSPS) is 17.1. The Bertz CT molecular complexity index is 7490. The zero-order valence-corrected chi connectivity index (χ0v) is 98.6. The molecule has 12 aromatic carbocycles. The van der Waals surface area contributed by atoms with Crippen LogP contribution in [0, 0.1) is 0 Å². The van der Waals surface area contributed by atoms with E-state index in [0.29, 0.717) is 89.8 Å². The van der Waals surface area contributed by atoms with Crippen molar-refractivity contribution in [3.63, 3.8) is 0 Å². The maximum absolute atomic E-state index is 11.3. The molecule has 0 saturated carbocycles. The molecule has 768 valence electrons. The number of rotatable bonds is 0. The second kappa shape index (κ2) is 44.5. The average molecular weight is 2760 g/mol. The molecule has 0 saturated heterocycles. The number of fused-ring (bicyclic) bond motifs is 33. The summed E-state index contributed by atoms with van der Waals surface area (Å²) in [6, 6.07) is 71.3. The third-order valence-electron chi connectivity index (χ3n) is 28.8. The molecule has 22 nitrogen and oxygen atoms in total. The topological polar surface area (TPSA) is 351 Å². The number of allylic oxidation sites excluding steroid dienone is 8. The molecular weight excluding hydrogens is 2640 g/mol. The Kier molecular flexibility index (Phi) is 34.2. The van der Waals surface area contributed by atoms with Crippen LogP contribution in [-0.2, 0) is 147 Å². The molecule has 0 spiro atoms. The minimum absolute atomic E-state index is 0. The standard InChI is InChI=1S/C28H30N2O2.C26H24N2O2.C26H26N2O2.C24H28N2O2.C18H10N4O2.4Pt.Zn/c1-17-27(3,4)21-13-9-11-19(25(21)31)20-12-10-14-22(26(20)32)28(5,6)18(2)30-24-16-8-7-15-23(24)29-17;1-25(2)17-9-5-7-15(23(17)29)16-8-6-10-18(24(16)30)26(3,4)22-14-12-20(28-22)19-11-13-21(25)27-19;1-25(2)15-27-21-13-5-6-14-22(21)28-16-26(3,4)20-12-8-10-18(24(20)30)17-9-7-11-19(25)23(17)29;1-15-16(2)26-14-24(5,6)20-12-8-10-18(22(20)28)17-9-7-11-19(21(17)27)23(3,4)13-25-15;23-15-9-3-1-5-11(15)17-19-7-13(21-17)14-8-20-18(22-14)12-6-2-4-10(9)16(12)24;;;;;/h7-16,31-32H,1-6H3;5-14,29-30H,1-4H3;5-16,29-30H,1-4H3;7-14,27-28H,1-6H3;1-8,23-24H;;;;;. The Labute approximate surface area is 940 Å². The summed E-state index contributed by atoms with van der Waals surface area (Å²) in [5.41, 5.74) is 19.6. The van der Waals surface area contributed by atoms with Crippen LogP contribution in [-0.4, -0.2) is 123 Å². The molecular formula is C122H118N12O10Pt4Zn.